The summed E-state index contributed by atoms with van der Waals surface area (Å²) < 4.78 is 4.58. The largest absolute Gasteiger partial charge is 0.479 e. The first kappa shape index (κ1) is 12.8. The number of aliphatic carboxylic acids is 1. The molecule has 1 heterocycles. The summed E-state index contributed by atoms with van der Waals surface area (Å²) in [6.07, 6.45) is -6.76. The van der Waals surface area contributed by atoms with E-state index in [-0.39, 0.29) is 0 Å². The van der Waals surface area contributed by atoms with E-state index in [1.807, 2.05) is 0 Å². The van der Waals surface area contributed by atoms with Crippen molar-refractivity contribution in [2.45, 2.75) is 37.6 Å². The van der Waals surface area contributed by atoms with Crippen molar-refractivity contribution in [3.8, 4) is 0 Å². The fraction of sp³-hybridized carbons (Fsp3) is 0.750. The number of carboxylic acid groups (broad SMARTS) is 1. The highest BCUT2D eigenvalue weighted by molar-refractivity contribution is 5.74. The Morgan fingerprint density at radius 2 is 1.75 bits per heavy atom. The number of aliphatic hydroxyl groups is 3. The van der Waals surface area contributed by atoms with Gasteiger partial charge in [0.2, 0.25) is 5.91 Å². The summed E-state index contributed by atoms with van der Waals surface area (Å²) in [5.74, 6) is -2.06. The van der Waals surface area contributed by atoms with Crippen LogP contribution in [0.1, 0.15) is 6.92 Å². The summed E-state index contributed by atoms with van der Waals surface area (Å²) >= 11 is 0. The van der Waals surface area contributed by atoms with Crippen LogP contribution in [0, 0.1) is 0 Å². The van der Waals surface area contributed by atoms with E-state index in [4.69, 9.17) is 5.11 Å². The van der Waals surface area contributed by atoms with Gasteiger partial charge in [0.05, 0.1) is 0 Å². The average Bonchev–Trinajstić information content (AvgIpc) is 2.17. The van der Waals surface area contributed by atoms with Gasteiger partial charge in [0.15, 0.2) is 12.4 Å². The molecule has 0 unspecified atom stereocenters. The van der Waals surface area contributed by atoms with E-state index >= 15 is 0 Å². The number of hydrogen-bond acceptors (Lipinski definition) is 6. The van der Waals surface area contributed by atoms with Crippen molar-refractivity contribution in [1.82, 2.24) is 5.32 Å². The fourth-order valence-corrected chi connectivity index (χ4v) is 1.47. The van der Waals surface area contributed by atoms with Gasteiger partial charge < -0.3 is 30.5 Å². The van der Waals surface area contributed by atoms with Crippen LogP contribution in [0.2, 0.25) is 0 Å². The molecule has 5 N–H and O–H groups in total. The Balaban J connectivity index is 2.79. The molecule has 0 aromatic rings. The standard InChI is InChI=1S/C8H13NO7/c1-2(10)9-3-4(11)5(12)6(7(13)14)16-8(3)15/h3-6,8,11-12,15H,1H3,(H,9,10)(H,13,14)/t3-,4-,5+,6-,8-/m1/s1. The third-order valence-corrected chi connectivity index (χ3v) is 2.23. The molecular formula is C8H13NO7. The molecule has 1 fully saturated rings. The van der Waals surface area contributed by atoms with Crippen LogP contribution in [-0.4, -0.2) is 62.9 Å². The minimum atomic E-state index is -1.73. The summed E-state index contributed by atoms with van der Waals surface area (Å²) in [6.45, 7) is 1.15. The number of aliphatic hydroxyl groups excluding tert-OH is 3. The van der Waals surface area contributed by atoms with Gasteiger partial charge in [-0.3, -0.25) is 4.79 Å². The SMILES string of the molecule is CC(=O)N[C@@H]1[C@@H](O)[C@H](O)[C@H](C(=O)O)O[C@H]1O. The maximum absolute atomic E-state index is 10.7. The number of ether oxygens (including phenoxy) is 1. The third-order valence-electron chi connectivity index (χ3n) is 2.23. The Morgan fingerprint density at radius 1 is 1.19 bits per heavy atom. The lowest BCUT2D eigenvalue weighted by Crippen LogP contribution is -2.64. The maximum Gasteiger partial charge on any atom is 0.335 e. The first-order valence-electron chi connectivity index (χ1n) is 4.54. The second-order valence-corrected chi connectivity index (χ2v) is 3.49. The summed E-state index contributed by atoms with van der Waals surface area (Å²) in [7, 11) is 0. The zero-order chi connectivity index (χ0) is 12.5. The van der Waals surface area contributed by atoms with Gasteiger partial charge in [-0.25, -0.2) is 4.79 Å². The van der Waals surface area contributed by atoms with Gasteiger partial charge >= 0.3 is 5.97 Å². The topological polar surface area (TPSA) is 136 Å². The Labute approximate surface area is 90.5 Å². The van der Waals surface area contributed by atoms with Crippen molar-refractivity contribution in [3.05, 3.63) is 0 Å². The van der Waals surface area contributed by atoms with Crippen molar-refractivity contribution in [1.29, 1.82) is 0 Å². The second kappa shape index (κ2) is 4.74. The molecule has 0 spiro atoms. The quantitative estimate of drug-likeness (QED) is 0.344. The van der Waals surface area contributed by atoms with Crippen LogP contribution in [0.4, 0.5) is 0 Å². The first-order chi connectivity index (χ1) is 7.34. The molecule has 0 aromatic carbocycles. The highest BCUT2D eigenvalue weighted by Crippen LogP contribution is 2.20. The molecule has 1 saturated heterocycles. The summed E-state index contributed by atoms with van der Waals surface area (Å²) in [5, 5.41) is 39.0. The van der Waals surface area contributed by atoms with Gasteiger partial charge in [-0.15, -0.1) is 0 Å². The summed E-state index contributed by atoms with van der Waals surface area (Å²) in [6, 6.07) is -1.26. The normalized spacial score (nSPS) is 39.1. The van der Waals surface area contributed by atoms with Gasteiger partial charge in [0.1, 0.15) is 18.2 Å². The van der Waals surface area contributed by atoms with E-state index in [9.17, 15) is 24.9 Å². The Bertz CT molecular complexity index is 294. The minimum Gasteiger partial charge on any atom is -0.479 e. The van der Waals surface area contributed by atoms with Crippen LogP contribution in [-0.2, 0) is 14.3 Å². The number of carboxylic acids is 1. The molecule has 1 amide bonds. The lowest BCUT2D eigenvalue weighted by Gasteiger charge is -2.39. The Kier molecular flexibility index (Phi) is 3.81. The van der Waals surface area contributed by atoms with Crippen molar-refractivity contribution in [3.63, 3.8) is 0 Å². The van der Waals surface area contributed by atoms with Crippen LogP contribution in [0.5, 0.6) is 0 Å². The van der Waals surface area contributed by atoms with E-state index < -0.39 is 42.5 Å². The van der Waals surface area contributed by atoms with Crippen LogP contribution in [0.3, 0.4) is 0 Å². The highest BCUT2D eigenvalue weighted by atomic mass is 16.6. The lowest BCUT2D eigenvalue weighted by atomic mass is 9.97. The zero-order valence-electron chi connectivity index (χ0n) is 8.40. The minimum absolute atomic E-state index is 0.548. The third kappa shape index (κ3) is 2.47. The summed E-state index contributed by atoms with van der Waals surface area (Å²) in [5.41, 5.74) is 0. The number of hydrogen-bond donors (Lipinski definition) is 5. The number of rotatable bonds is 2. The van der Waals surface area contributed by atoms with Crippen LogP contribution in [0.15, 0.2) is 0 Å². The monoisotopic (exact) mass is 235 g/mol. The summed E-state index contributed by atoms with van der Waals surface area (Å²) in [4.78, 5) is 21.3. The molecule has 1 aliphatic heterocycles. The molecule has 0 radical (unpaired) electrons. The van der Waals surface area contributed by atoms with E-state index in [0.29, 0.717) is 0 Å². The molecule has 16 heavy (non-hydrogen) atoms. The Morgan fingerprint density at radius 3 is 2.19 bits per heavy atom. The predicted molar refractivity (Wildman–Crippen MR) is 48.1 cm³/mol. The van der Waals surface area contributed by atoms with Crippen LogP contribution >= 0.6 is 0 Å². The van der Waals surface area contributed by atoms with Gasteiger partial charge in [-0.2, -0.15) is 0 Å². The number of amides is 1. The van der Waals surface area contributed by atoms with Gasteiger partial charge in [0.25, 0.3) is 0 Å². The molecule has 0 aromatic heterocycles. The molecule has 0 aliphatic carbocycles. The smallest absolute Gasteiger partial charge is 0.335 e. The fourth-order valence-electron chi connectivity index (χ4n) is 1.47. The molecule has 8 nitrogen and oxygen atoms in total. The van der Waals surface area contributed by atoms with Gasteiger partial charge in [-0.1, -0.05) is 0 Å². The predicted octanol–water partition coefficient (Wildman–Crippen LogP) is -2.99. The lowest BCUT2D eigenvalue weighted by molar-refractivity contribution is -0.249. The Hall–Kier alpha value is -1.22. The molecule has 1 rings (SSSR count). The molecule has 5 atom stereocenters. The molecule has 92 valence electrons. The van der Waals surface area contributed by atoms with E-state index in [1.54, 1.807) is 0 Å². The van der Waals surface area contributed by atoms with Crippen molar-refractivity contribution in [2.24, 2.45) is 0 Å². The number of carbonyl (C=O) groups excluding carboxylic acids is 1. The molecule has 8 heteroatoms. The van der Waals surface area contributed by atoms with Crippen LogP contribution in [0.25, 0.3) is 0 Å². The van der Waals surface area contributed by atoms with E-state index in [1.165, 1.54) is 0 Å². The average molecular weight is 235 g/mol. The second-order valence-electron chi connectivity index (χ2n) is 3.49. The molecule has 1 aliphatic rings. The first-order valence-corrected chi connectivity index (χ1v) is 4.54. The number of carbonyl (C=O) groups is 2. The zero-order valence-corrected chi connectivity index (χ0v) is 8.40. The van der Waals surface area contributed by atoms with Crippen molar-refractivity contribution in [2.75, 3.05) is 0 Å². The van der Waals surface area contributed by atoms with Crippen LogP contribution < -0.4 is 5.32 Å². The molecule has 0 saturated carbocycles. The number of nitrogens with one attached hydrogen (secondary N) is 1. The van der Waals surface area contributed by atoms with E-state index in [0.717, 1.165) is 6.92 Å². The molecule has 0 bridgehead atoms. The van der Waals surface area contributed by atoms with Crippen molar-refractivity contribution < 1.29 is 34.8 Å². The highest BCUT2D eigenvalue weighted by Gasteiger charge is 2.47. The van der Waals surface area contributed by atoms with Gasteiger partial charge in [0, 0.05) is 6.92 Å². The molecular weight excluding hydrogens is 222 g/mol. The van der Waals surface area contributed by atoms with Crippen molar-refractivity contribution >= 4 is 11.9 Å². The van der Waals surface area contributed by atoms with E-state index in [2.05, 4.69) is 10.1 Å². The van der Waals surface area contributed by atoms with Gasteiger partial charge in [-0.05, 0) is 0 Å². The maximum atomic E-state index is 10.7.